The van der Waals surface area contributed by atoms with Crippen LogP contribution in [0.15, 0.2) is 58.1 Å². The number of rotatable bonds is 6. The molecule has 0 bridgehead atoms. The Hall–Kier alpha value is -2.62. The zero-order valence-electron chi connectivity index (χ0n) is 14.0. The van der Waals surface area contributed by atoms with Crippen LogP contribution in [-0.2, 0) is 0 Å². The molecule has 0 spiro atoms. The van der Waals surface area contributed by atoms with Gasteiger partial charge in [-0.1, -0.05) is 11.6 Å². The number of aryl methyl sites for hydroxylation is 1. The molecule has 1 aromatic carbocycles. The highest BCUT2D eigenvalue weighted by molar-refractivity contribution is 7.99. The van der Waals surface area contributed by atoms with Crippen LogP contribution >= 0.6 is 23.4 Å². The number of aromatic nitrogens is 1. The number of furan rings is 1. The molecule has 0 saturated heterocycles. The molecule has 0 aliphatic carbocycles. The van der Waals surface area contributed by atoms with Crippen molar-refractivity contribution in [3.05, 3.63) is 70.7 Å². The average Bonchev–Trinajstić information content (AvgIpc) is 3.27. The third kappa shape index (κ3) is 3.96. The van der Waals surface area contributed by atoms with E-state index in [1.54, 1.807) is 35.6 Å². The van der Waals surface area contributed by atoms with E-state index < -0.39 is 0 Å². The molecule has 0 aliphatic heterocycles. The number of hydrogen-bond donors (Lipinski definition) is 1. The number of carbonyl (C=O) groups is 1. The number of thioether (sulfide) groups is 1. The minimum Gasteiger partial charge on any atom is -0.443 e. The SMILES string of the molecule is Cc1oc(-n2cccc2)c(C#N)c1C(=O)NCCSc1ccc(Cl)cc1. The third-order valence-corrected chi connectivity index (χ3v) is 4.98. The van der Waals surface area contributed by atoms with Crippen molar-refractivity contribution in [2.75, 3.05) is 12.3 Å². The molecular weight excluding hydrogens is 370 g/mol. The maximum Gasteiger partial charge on any atom is 0.256 e. The number of amides is 1. The van der Waals surface area contributed by atoms with Gasteiger partial charge in [0.2, 0.25) is 5.88 Å². The Labute approximate surface area is 160 Å². The van der Waals surface area contributed by atoms with Crippen LogP contribution in [0.25, 0.3) is 5.88 Å². The Morgan fingerprint density at radius 1 is 1.31 bits per heavy atom. The minimum absolute atomic E-state index is 0.238. The minimum atomic E-state index is -0.307. The molecule has 5 nitrogen and oxygen atoms in total. The normalized spacial score (nSPS) is 10.5. The molecule has 3 rings (SSSR count). The molecule has 26 heavy (non-hydrogen) atoms. The Kier molecular flexibility index (Phi) is 5.71. The number of carbonyl (C=O) groups excluding carboxylic acids is 1. The second-order valence-electron chi connectivity index (χ2n) is 5.47. The van der Waals surface area contributed by atoms with Crippen LogP contribution < -0.4 is 5.32 Å². The number of benzene rings is 1. The maximum atomic E-state index is 12.5. The first-order valence-corrected chi connectivity index (χ1v) is 9.30. The quantitative estimate of drug-likeness (QED) is 0.503. The van der Waals surface area contributed by atoms with Crippen LogP contribution in [0.1, 0.15) is 21.7 Å². The number of nitrogens with one attached hydrogen (secondary N) is 1. The van der Waals surface area contributed by atoms with Crippen LogP contribution in [0.5, 0.6) is 0 Å². The smallest absolute Gasteiger partial charge is 0.256 e. The first-order valence-electron chi connectivity index (χ1n) is 7.93. The molecule has 0 saturated carbocycles. The van der Waals surface area contributed by atoms with Gasteiger partial charge in [-0.3, -0.25) is 9.36 Å². The van der Waals surface area contributed by atoms with Gasteiger partial charge in [-0.2, -0.15) is 5.26 Å². The van der Waals surface area contributed by atoms with Gasteiger partial charge in [0.05, 0.1) is 0 Å². The molecule has 1 N–H and O–H groups in total. The molecule has 2 aromatic heterocycles. The Bertz CT molecular complexity index is 941. The van der Waals surface area contributed by atoms with Gasteiger partial charge in [-0.15, -0.1) is 11.8 Å². The lowest BCUT2D eigenvalue weighted by Crippen LogP contribution is -2.26. The van der Waals surface area contributed by atoms with Crippen LogP contribution in [0.3, 0.4) is 0 Å². The van der Waals surface area contributed by atoms with Crippen molar-refractivity contribution >= 4 is 29.3 Å². The molecule has 0 radical (unpaired) electrons. The second-order valence-corrected chi connectivity index (χ2v) is 7.08. The van der Waals surface area contributed by atoms with Crippen LogP contribution in [0.4, 0.5) is 0 Å². The summed E-state index contributed by atoms with van der Waals surface area (Å²) in [5.41, 5.74) is 0.522. The predicted molar refractivity (Wildman–Crippen MR) is 102 cm³/mol. The largest absolute Gasteiger partial charge is 0.443 e. The summed E-state index contributed by atoms with van der Waals surface area (Å²) < 4.78 is 7.33. The van der Waals surface area contributed by atoms with E-state index in [0.29, 0.717) is 29.0 Å². The summed E-state index contributed by atoms with van der Waals surface area (Å²) in [5.74, 6) is 1.18. The zero-order valence-corrected chi connectivity index (χ0v) is 15.6. The molecular formula is C19H16ClN3O2S. The summed E-state index contributed by atoms with van der Waals surface area (Å²) in [7, 11) is 0. The molecule has 2 heterocycles. The van der Waals surface area contributed by atoms with E-state index >= 15 is 0 Å². The molecule has 0 fully saturated rings. The third-order valence-electron chi connectivity index (χ3n) is 3.71. The van der Waals surface area contributed by atoms with E-state index in [0.717, 1.165) is 4.90 Å². The Balaban J connectivity index is 1.65. The van der Waals surface area contributed by atoms with Crippen molar-refractivity contribution in [1.82, 2.24) is 9.88 Å². The number of halogens is 1. The topological polar surface area (TPSA) is 71.0 Å². The van der Waals surface area contributed by atoms with Gasteiger partial charge in [-0.25, -0.2) is 0 Å². The molecule has 0 unspecified atom stereocenters. The summed E-state index contributed by atoms with van der Waals surface area (Å²) in [4.78, 5) is 13.6. The van der Waals surface area contributed by atoms with Gasteiger partial charge in [0.15, 0.2) is 0 Å². The highest BCUT2D eigenvalue weighted by Gasteiger charge is 2.24. The highest BCUT2D eigenvalue weighted by Crippen LogP contribution is 2.25. The molecule has 0 aliphatic rings. The summed E-state index contributed by atoms with van der Waals surface area (Å²) >= 11 is 7.48. The Morgan fingerprint density at radius 3 is 2.65 bits per heavy atom. The van der Waals surface area contributed by atoms with Crippen molar-refractivity contribution in [3.8, 4) is 12.0 Å². The van der Waals surface area contributed by atoms with Gasteiger partial charge in [0.25, 0.3) is 5.91 Å². The molecule has 3 aromatic rings. The fourth-order valence-corrected chi connectivity index (χ4v) is 3.41. The van der Waals surface area contributed by atoms with E-state index in [1.807, 2.05) is 36.4 Å². The first-order chi connectivity index (χ1) is 12.6. The van der Waals surface area contributed by atoms with E-state index in [4.69, 9.17) is 16.0 Å². The molecule has 0 atom stereocenters. The maximum absolute atomic E-state index is 12.5. The van der Waals surface area contributed by atoms with Crippen molar-refractivity contribution in [2.24, 2.45) is 0 Å². The standard InChI is InChI=1S/C19H16ClN3O2S/c1-13-17(16(12-21)19(25-13)23-9-2-3-10-23)18(24)22-8-11-26-15-6-4-14(20)5-7-15/h2-7,9-10H,8,11H2,1H3,(H,22,24). The van der Waals surface area contributed by atoms with Crippen LogP contribution in [-0.4, -0.2) is 22.8 Å². The lowest BCUT2D eigenvalue weighted by Gasteiger charge is -2.05. The fraction of sp³-hybridized carbons (Fsp3) is 0.158. The monoisotopic (exact) mass is 385 g/mol. The zero-order chi connectivity index (χ0) is 18.5. The van der Waals surface area contributed by atoms with E-state index in [2.05, 4.69) is 11.4 Å². The fourth-order valence-electron chi connectivity index (χ4n) is 2.51. The lowest BCUT2D eigenvalue weighted by atomic mass is 10.1. The average molecular weight is 386 g/mol. The van der Waals surface area contributed by atoms with Crippen LogP contribution in [0, 0.1) is 18.3 Å². The van der Waals surface area contributed by atoms with Gasteiger partial charge in [0.1, 0.15) is 23.0 Å². The van der Waals surface area contributed by atoms with E-state index in [-0.39, 0.29) is 17.0 Å². The highest BCUT2D eigenvalue weighted by atomic mass is 35.5. The van der Waals surface area contributed by atoms with Crippen molar-refractivity contribution in [3.63, 3.8) is 0 Å². The van der Waals surface area contributed by atoms with Crippen molar-refractivity contribution in [2.45, 2.75) is 11.8 Å². The Morgan fingerprint density at radius 2 is 2.00 bits per heavy atom. The lowest BCUT2D eigenvalue weighted by molar-refractivity contribution is 0.0954. The summed E-state index contributed by atoms with van der Waals surface area (Å²) in [5, 5.41) is 13.0. The molecule has 7 heteroatoms. The van der Waals surface area contributed by atoms with Crippen molar-refractivity contribution < 1.29 is 9.21 Å². The van der Waals surface area contributed by atoms with E-state index in [9.17, 15) is 10.1 Å². The van der Waals surface area contributed by atoms with E-state index in [1.165, 1.54) is 0 Å². The van der Waals surface area contributed by atoms with Crippen LogP contribution in [0.2, 0.25) is 5.02 Å². The molecule has 132 valence electrons. The number of hydrogen-bond acceptors (Lipinski definition) is 4. The van der Waals surface area contributed by atoms with Gasteiger partial charge in [-0.05, 0) is 43.3 Å². The number of nitriles is 1. The number of nitrogens with zero attached hydrogens (tertiary/aromatic N) is 2. The summed E-state index contributed by atoms with van der Waals surface area (Å²) in [6.07, 6.45) is 3.53. The van der Waals surface area contributed by atoms with Gasteiger partial charge in [0, 0.05) is 34.6 Å². The van der Waals surface area contributed by atoms with Gasteiger partial charge >= 0.3 is 0 Å². The summed E-state index contributed by atoms with van der Waals surface area (Å²) in [6.45, 7) is 2.16. The first kappa shape index (κ1) is 18.2. The predicted octanol–water partition coefficient (Wildman–Crippen LogP) is 4.43. The van der Waals surface area contributed by atoms with Crippen molar-refractivity contribution in [1.29, 1.82) is 5.26 Å². The van der Waals surface area contributed by atoms with Gasteiger partial charge < -0.3 is 9.73 Å². The second kappa shape index (κ2) is 8.17. The summed E-state index contributed by atoms with van der Waals surface area (Å²) in [6, 6.07) is 13.3. The molecule has 1 amide bonds.